The topological polar surface area (TPSA) is 88.5 Å². The number of rotatable bonds is 5. The molecule has 2 N–H and O–H groups in total. The Kier molecular flexibility index (Phi) is 4.66. The molecule has 0 spiro atoms. The third kappa shape index (κ3) is 3.22. The number of imidazole rings is 1. The summed E-state index contributed by atoms with van der Waals surface area (Å²) in [7, 11) is 0. The molecule has 0 radical (unpaired) electrons. The lowest BCUT2D eigenvalue weighted by Crippen LogP contribution is -2.28. The van der Waals surface area contributed by atoms with Gasteiger partial charge in [0.15, 0.2) is 5.82 Å². The highest BCUT2D eigenvalue weighted by atomic mass is 19.1. The van der Waals surface area contributed by atoms with E-state index < -0.39 is 11.4 Å². The van der Waals surface area contributed by atoms with Gasteiger partial charge in [0.25, 0.3) is 5.56 Å². The van der Waals surface area contributed by atoms with Gasteiger partial charge in [0.2, 0.25) is 0 Å². The summed E-state index contributed by atoms with van der Waals surface area (Å²) in [6.07, 6.45) is 3.90. The number of nitrogens with zero attached hydrogens (tertiary/aromatic N) is 4. The monoisotopic (exact) mass is 414 g/mol. The van der Waals surface area contributed by atoms with Crippen molar-refractivity contribution in [3.63, 3.8) is 0 Å². The summed E-state index contributed by atoms with van der Waals surface area (Å²) in [5, 5.41) is 3.36. The Hall–Kier alpha value is -4.07. The second-order valence-electron chi connectivity index (χ2n) is 7.14. The van der Waals surface area contributed by atoms with Gasteiger partial charge in [0, 0.05) is 6.20 Å². The summed E-state index contributed by atoms with van der Waals surface area (Å²) in [6, 6.07) is 15.1. The molecule has 0 aliphatic heterocycles. The highest BCUT2D eigenvalue weighted by molar-refractivity contribution is 5.85. The molecule has 0 aliphatic carbocycles. The van der Waals surface area contributed by atoms with Crippen molar-refractivity contribution in [2.75, 3.05) is 5.32 Å². The largest absolute Gasteiger partial charge is 0.358 e. The van der Waals surface area contributed by atoms with E-state index in [9.17, 15) is 9.18 Å². The predicted molar refractivity (Wildman–Crippen MR) is 118 cm³/mol. The minimum Gasteiger partial charge on any atom is -0.358 e. The first-order chi connectivity index (χ1) is 15.2. The van der Waals surface area contributed by atoms with Crippen LogP contribution in [-0.2, 0) is 0 Å². The Bertz CT molecular complexity index is 1440. The van der Waals surface area contributed by atoms with Crippen LogP contribution in [0.4, 0.5) is 10.2 Å². The van der Waals surface area contributed by atoms with Gasteiger partial charge >= 0.3 is 0 Å². The smallest absolute Gasteiger partial charge is 0.269 e. The van der Waals surface area contributed by atoms with Crippen LogP contribution in [0, 0.1) is 5.82 Å². The van der Waals surface area contributed by atoms with E-state index in [0.29, 0.717) is 29.3 Å². The lowest BCUT2D eigenvalue weighted by atomic mass is 10.1. The quantitative estimate of drug-likeness (QED) is 0.446. The molecule has 0 saturated heterocycles. The SMILES string of the molecule is CC[C@H](Nc1nccc2nc[nH]c12)c1nc2cccc(F)c2c(=O)n1-c1ccccc1. The highest BCUT2D eigenvalue weighted by Gasteiger charge is 2.22. The molecule has 8 heteroatoms. The second kappa shape index (κ2) is 7.64. The number of nitrogens with one attached hydrogen (secondary N) is 2. The number of para-hydroxylation sites is 1. The average molecular weight is 414 g/mol. The first kappa shape index (κ1) is 18.9. The molecule has 0 unspecified atom stereocenters. The van der Waals surface area contributed by atoms with Crippen molar-refractivity contribution in [3.8, 4) is 5.69 Å². The van der Waals surface area contributed by atoms with Crippen molar-refractivity contribution in [3.05, 3.63) is 89.1 Å². The number of benzene rings is 2. The van der Waals surface area contributed by atoms with Crippen LogP contribution < -0.4 is 10.9 Å². The molecule has 0 bridgehead atoms. The summed E-state index contributed by atoms with van der Waals surface area (Å²) in [5.41, 5.74) is 2.04. The van der Waals surface area contributed by atoms with Gasteiger partial charge in [-0.1, -0.05) is 31.2 Å². The van der Waals surface area contributed by atoms with Gasteiger partial charge in [0.05, 0.1) is 29.1 Å². The van der Waals surface area contributed by atoms with Crippen LogP contribution in [0.25, 0.3) is 27.6 Å². The lowest BCUT2D eigenvalue weighted by Gasteiger charge is -2.22. The van der Waals surface area contributed by atoms with E-state index in [4.69, 9.17) is 4.98 Å². The number of halogens is 1. The van der Waals surface area contributed by atoms with E-state index in [1.807, 2.05) is 31.2 Å². The molecule has 31 heavy (non-hydrogen) atoms. The summed E-state index contributed by atoms with van der Waals surface area (Å²) < 4.78 is 16.0. The Morgan fingerprint density at radius 1 is 1.06 bits per heavy atom. The van der Waals surface area contributed by atoms with Gasteiger partial charge in [-0.3, -0.25) is 9.36 Å². The lowest BCUT2D eigenvalue weighted by molar-refractivity contribution is 0.630. The zero-order valence-corrected chi connectivity index (χ0v) is 16.7. The summed E-state index contributed by atoms with van der Waals surface area (Å²) in [6.45, 7) is 1.99. The number of anilines is 1. The van der Waals surface area contributed by atoms with Crippen LogP contribution in [0.1, 0.15) is 25.2 Å². The van der Waals surface area contributed by atoms with Gasteiger partial charge in [-0.25, -0.2) is 19.3 Å². The summed E-state index contributed by atoms with van der Waals surface area (Å²) in [5.74, 6) is 0.501. The average Bonchev–Trinajstić information content (AvgIpc) is 3.27. The number of hydrogen-bond acceptors (Lipinski definition) is 5. The second-order valence-corrected chi connectivity index (χ2v) is 7.14. The maximum Gasteiger partial charge on any atom is 0.269 e. The number of H-pyrrole nitrogens is 1. The number of pyridine rings is 1. The van der Waals surface area contributed by atoms with Crippen LogP contribution in [0.2, 0.25) is 0 Å². The van der Waals surface area contributed by atoms with Gasteiger partial charge in [-0.05, 0) is 36.8 Å². The van der Waals surface area contributed by atoms with Crippen LogP contribution in [-0.4, -0.2) is 24.5 Å². The minimum absolute atomic E-state index is 0.0289. The van der Waals surface area contributed by atoms with Gasteiger partial charge in [0.1, 0.15) is 22.5 Å². The first-order valence-electron chi connectivity index (χ1n) is 9.98. The third-order valence-corrected chi connectivity index (χ3v) is 5.26. The molecule has 3 aromatic heterocycles. The number of aromatic amines is 1. The molecule has 5 rings (SSSR count). The third-order valence-electron chi connectivity index (χ3n) is 5.26. The molecule has 0 aliphatic rings. The zero-order valence-electron chi connectivity index (χ0n) is 16.7. The molecule has 154 valence electrons. The summed E-state index contributed by atoms with van der Waals surface area (Å²) in [4.78, 5) is 29.9. The minimum atomic E-state index is -0.587. The van der Waals surface area contributed by atoms with Crippen molar-refractivity contribution in [1.29, 1.82) is 0 Å². The molecule has 2 aromatic carbocycles. The fourth-order valence-corrected chi connectivity index (χ4v) is 3.76. The number of aromatic nitrogens is 5. The van der Waals surface area contributed by atoms with Crippen LogP contribution >= 0.6 is 0 Å². The summed E-state index contributed by atoms with van der Waals surface area (Å²) >= 11 is 0. The van der Waals surface area contributed by atoms with E-state index >= 15 is 0 Å². The maximum absolute atomic E-state index is 14.6. The van der Waals surface area contributed by atoms with Crippen molar-refractivity contribution < 1.29 is 4.39 Å². The fourth-order valence-electron chi connectivity index (χ4n) is 3.76. The van der Waals surface area contributed by atoms with Crippen LogP contribution in [0.3, 0.4) is 0 Å². The zero-order chi connectivity index (χ0) is 21.4. The Morgan fingerprint density at radius 2 is 1.90 bits per heavy atom. The van der Waals surface area contributed by atoms with E-state index in [-0.39, 0.29) is 11.4 Å². The predicted octanol–water partition coefficient (Wildman–Crippen LogP) is 4.36. The van der Waals surface area contributed by atoms with Crippen molar-refractivity contribution in [1.82, 2.24) is 24.5 Å². The molecular weight excluding hydrogens is 395 g/mol. The maximum atomic E-state index is 14.6. The first-order valence-corrected chi connectivity index (χ1v) is 9.98. The highest BCUT2D eigenvalue weighted by Crippen LogP contribution is 2.26. The Morgan fingerprint density at radius 3 is 2.71 bits per heavy atom. The van der Waals surface area contributed by atoms with E-state index in [1.165, 1.54) is 10.6 Å². The molecule has 7 nitrogen and oxygen atoms in total. The van der Waals surface area contributed by atoms with Crippen molar-refractivity contribution in [2.24, 2.45) is 0 Å². The Balaban J connectivity index is 1.74. The fraction of sp³-hybridized carbons (Fsp3) is 0.130. The van der Waals surface area contributed by atoms with E-state index in [2.05, 4.69) is 20.3 Å². The molecule has 0 fully saturated rings. The van der Waals surface area contributed by atoms with Gasteiger partial charge < -0.3 is 10.3 Å². The van der Waals surface area contributed by atoms with Crippen molar-refractivity contribution >= 4 is 27.8 Å². The van der Waals surface area contributed by atoms with E-state index in [1.54, 1.807) is 36.8 Å². The molecular formula is C23H19FN6O. The van der Waals surface area contributed by atoms with Gasteiger partial charge in [-0.15, -0.1) is 0 Å². The normalized spacial score (nSPS) is 12.3. The number of fused-ring (bicyclic) bond motifs is 2. The van der Waals surface area contributed by atoms with Crippen molar-refractivity contribution in [2.45, 2.75) is 19.4 Å². The van der Waals surface area contributed by atoms with E-state index in [0.717, 1.165) is 11.0 Å². The molecule has 3 heterocycles. The molecule has 0 amide bonds. The molecule has 5 aromatic rings. The molecule has 0 saturated carbocycles. The van der Waals surface area contributed by atoms with Crippen LogP contribution in [0.5, 0.6) is 0 Å². The molecule has 1 atom stereocenters. The van der Waals surface area contributed by atoms with Gasteiger partial charge in [-0.2, -0.15) is 0 Å². The van der Waals surface area contributed by atoms with Crippen LogP contribution in [0.15, 0.2) is 71.9 Å². The Labute approximate surface area is 176 Å². The standard InChI is InChI=1S/C23H19FN6O/c1-2-16(28-21-20-18(11-12-25-21)26-13-27-20)22-29-17-10-6-9-15(24)19(17)23(31)30(22)14-7-4-3-5-8-14/h3-13,16H,2H2,1H3,(H,25,28)(H,26,27)/t16-/m0/s1. The number of hydrogen-bond donors (Lipinski definition) is 2.